The largest absolute Gasteiger partial charge is 0.385 e. The van der Waals surface area contributed by atoms with Crippen molar-refractivity contribution in [2.75, 3.05) is 25.2 Å². The van der Waals surface area contributed by atoms with Crippen molar-refractivity contribution < 1.29 is 4.74 Å². The Hall–Kier alpha value is -1.02. The van der Waals surface area contributed by atoms with Gasteiger partial charge >= 0.3 is 0 Å². The average molecular weight is 221 g/mol. The lowest BCUT2D eigenvalue weighted by molar-refractivity contribution is 0.195. The van der Waals surface area contributed by atoms with Crippen LogP contribution in [0.1, 0.15) is 25.8 Å². The third-order valence-electron chi connectivity index (χ3n) is 2.80. The number of para-hydroxylation sites is 1. The molecule has 0 aliphatic rings. The molecule has 0 bridgehead atoms. The van der Waals surface area contributed by atoms with Gasteiger partial charge in [0.1, 0.15) is 0 Å². The molecule has 0 fully saturated rings. The molecule has 0 N–H and O–H groups in total. The van der Waals surface area contributed by atoms with Gasteiger partial charge in [-0.2, -0.15) is 0 Å². The Kier molecular flexibility index (Phi) is 5.33. The van der Waals surface area contributed by atoms with E-state index in [4.69, 9.17) is 4.74 Å². The van der Waals surface area contributed by atoms with E-state index in [2.05, 4.69) is 49.9 Å². The molecule has 0 aliphatic heterocycles. The van der Waals surface area contributed by atoms with Crippen molar-refractivity contribution in [1.29, 1.82) is 0 Å². The lowest BCUT2D eigenvalue weighted by Gasteiger charge is -2.30. The fourth-order valence-corrected chi connectivity index (χ4v) is 1.92. The predicted molar refractivity (Wildman–Crippen MR) is 70.2 cm³/mol. The molecule has 0 aliphatic carbocycles. The number of ether oxygens (including phenoxy) is 1. The zero-order chi connectivity index (χ0) is 12.0. The van der Waals surface area contributed by atoms with Crippen molar-refractivity contribution in [3.8, 4) is 0 Å². The smallest absolute Gasteiger partial charge is 0.0479 e. The summed E-state index contributed by atoms with van der Waals surface area (Å²) in [6.07, 6.45) is 1.07. The first-order chi connectivity index (χ1) is 7.66. The molecule has 90 valence electrons. The Morgan fingerprint density at radius 2 is 1.94 bits per heavy atom. The third kappa shape index (κ3) is 3.53. The highest BCUT2D eigenvalue weighted by Gasteiger charge is 2.11. The minimum atomic E-state index is 0.526. The van der Waals surface area contributed by atoms with Crippen LogP contribution < -0.4 is 4.90 Å². The summed E-state index contributed by atoms with van der Waals surface area (Å²) in [5.41, 5.74) is 2.68. The molecule has 1 aromatic carbocycles. The number of hydrogen-bond donors (Lipinski definition) is 0. The predicted octanol–water partition coefficient (Wildman–Crippen LogP) is 3.25. The van der Waals surface area contributed by atoms with Gasteiger partial charge in [-0.3, -0.25) is 0 Å². The number of anilines is 1. The van der Waals surface area contributed by atoms with E-state index in [0.717, 1.165) is 19.6 Å². The van der Waals surface area contributed by atoms with Gasteiger partial charge in [-0.05, 0) is 38.8 Å². The summed E-state index contributed by atoms with van der Waals surface area (Å²) in [6, 6.07) is 9.09. The zero-order valence-electron chi connectivity index (χ0n) is 10.9. The van der Waals surface area contributed by atoms with Gasteiger partial charge in [0.15, 0.2) is 0 Å². The molecule has 0 radical (unpaired) electrons. The van der Waals surface area contributed by atoms with Gasteiger partial charge in [-0.25, -0.2) is 0 Å². The fourth-order valence-electron chi connectivity index (χ4n) is 1.92. The molecule has 1 rings (SSSR count). The van der Waals surface area contributed by atoms with E-state index in [9.17, 15) is 0 Å². The SMILES string of the molecule is COCCCN(c1ccccc1C)C(C)C. The minimum absolute atomic E-state index is 0.526. The number of hydrogen-bond acceptors (Lipinski definition) is 2. The maximum absolute atomic E-state index is 5.11. The van der Waals surface area contributed by atoms with Gasteiger partial charge in [0.25, 0.3) is 0 Å². The number of rotatable bonds is 6. The number of nitrogens with zero attached hydrogens (tertiary/aromatic N) is 1. The summed E-state index contributed by atoms with van der Waals surface area (Å²) in [5.74, 6) is 0. The Balaban J connectivity index is 2.74. The lowest BCUT2D eigenvalue weighted by atomic mass is 10.1. The fraction of sp³-hybridized carbons (Fsp3) is 0.571. The second kappa shape index (κ2) is 6.54. The highest BCUT2D eigenvalue weighted by Crippen LogP contribution is 2.21. The van der Waals surface area contributed by atoms with Crippen LogP contribution in [-0.4, -0.2) is 26.3 Å². The van der Waals surface area contributed by atoms with E-state index in [1.54, 1.807) is 7.11 Å². The lowest BCUT2D eigenvalue weighted by Crippen LogP contribution is -2.32. The Bertz CT molecular complexity index is 309. The number of benzene rings is 1. The van der Waals surface area contributed by atoms with Crippen LogP contribution in [0.15, 0.2) is 24.3 Å². The van der Waals surface area contributed by atoms with E-state index < -0.39 is 0 Å². The van der Waals surface area contributed by atoms with Crippen LogP contribution in [0.2, 0.25) is 0 Å². The van der Waals surface area contributed by atoms with Crippen molar-refractivity contribution in [1.82, 2.24) is 0 Å². The van der Waals surface area contributed by atoms with Crippen molar-refractivity contribution in [3.05, 3.63) is 29.8 Å². The normalized spacial score (nSPS) is 10.8. The molecule has 1 aromatic rings. The minimum Gasteiger partial charge on any atom is -0.385 e. The molecule has 0 saturated heterocycles. The zero-order valence-corrected chi connectivity index (χ0v) is 10.9. The first-order valence-corrected chi connectivity index (χ1v) is 5.98. The van der Waals surface area contributed by atoms with Gasteiger partial charge in [-0.1, -0.05) is 18.2 Å². The summed E-state index contributed by atoms with van der Waals surface area (Å²) in [6.45, 7) is 8.52. The van der Waals surface area contributed by atoms with Crippen molar-refractivity contribution in [2.45, 2.75) is 33.2 Å². The molecule has 0 saturated carbocycles. The van der Waals surface area contributed by atoms with E-state index in [1.165, 1.54) is 11.3 Å². The van der Waals surface area contributed by atoms with Gasteiger partial charge in [0, 0.05) is 32.0 Å². The molecule has 16 heavy (non-hydrogen) atoms. The van der Waals surface area contributed by atoms with Crippen LogP contribution in [-0.2, 0) is 4.74 Å². The maximum atomic E-state index is 5.11. The summed E-state index contributed by atoms with van der Waals surface area (Å²) in [7, 11) is 1.76. The summed E-state index contributed by atoms with van der Waals surface area (Å²) < 4.78 is 5.11. The van der Waals surface area contributed by atoms with Crippen LogP contribution >= 0.6 is 0 Å². The molecular formula is C14H23NO. The van der Waals surface area contributed by atoms with E-state index in [1.807, 2.05) is 0 Å². The van der Waals surface area contributed by atoms with Crippen LogP contribution in [0.5, 0.6) is 0 Å². The van der Waals surface area contributed by atoms with Crippen LogP contribution in [0.4, 0.5) is 5.69 Å². The highest BCUT2D eigenvalue weighted by atomic mass is 16.5. The second-order valence-corrected chi connectivity index (χ2v) is 4.42. The van der Waals surface area contributed by atoms with Crippen LogP contribution in [0.25, 0.3) is 0 Å². The van der Waals surface area contributed by atoms with Crippen molar-refractivity contribution in [3.63, 3.8) is 0 Å². The number of aryl methyl sites for hydroxylation is 1. The van der Waals surface area contributed by atoms with Crippen LogP contribution in [0, 0.1) is 6.92 Å². The van der Waals surface area contributed by atoms with Gasteiger partial charge < -0.3 is 9.64 Å². The molecule has 0 spiro atoms. The van der Waals surface area contributed by atoms with E-state index in [-0.39, 0.29) is 0 Å². The first kappa shape index (κ1) is 13.0. The molecule has 0 heterocycles. The van der Waals surface area contributed by atoms with E-state index in [0.29, 0.717) is 6.04 Å². The molecule has 2 heteroatoms. The third-order valence-corrected chi connectivity index (χ3v) is 2.80. The number of methoxy groups -OCH3 is 1. The molecule has 2 nitrogen and oxygen atoms in total. The second-order valence-electron chi connectivity index (χ2n) is 4.42. The quantitative estimate of drug-likeness (QED) is 0.684. The van der Waals surface area contributed by atoms with Crippen LogP contribution in [0.3, 0.4) is 0 Å². The molecule has 0 amide bonds. The van der Waals surface area contributed by atoms with Crippen molar-refractivity contribution >= 4 is 5.69 Å². The van der Waals surface area contributed by atoms with E-state index >= 15 is 0 Å². The Morgan fingerprint density at radius 1 is 1.25 bits per heavy atom. The van der Waals surface area contributed by atoms with Gasteiger partial charge in [0.2, 0.25) is 0 Å². The molecular weight excluding hydrogens is 198 g/mol. The maximum Gasteiger partial charge on any atom is 0.0479 e. The topological polar surface area (TPSA) is 12.5 Å². The van der Waals surface area contributed by atoms with Gasteiger partial charge in [-0.15, -0.1) is 0 Å². The highest BCUT2D eigenvalue weighted by molar-refractivity contribution is 5.53. The summed E-state index contributed by atoms with van der Waals surface area (Å²) in [4.78, 5) is 2.44. The summed E-state index contributed by atoms with van der Waals surface area (Å²) in [5, 5.41) is 0. The van der Waals surface area contributed by atoms with Crippen molar-refractivity contribution in [2.24, 2.45) is 0 Å². The monoisotopic (exact) mass is 221 g/mol. The summed E-state index contributed by atoms with van der Waals surface area (Å²) >= 11 is 0. The van der Waals surface area contributed by atoms with Gasteiger partial charge in [0.05, 0.1) is 0 Å². The molecule has 0 atom stereocenters. The molecule has 0 unspecified atom stereocenters. The Labute approximate surface area is 99.2 Å². The first-order valence-electron chi connectivity index (χ1n) is 5.98. The Morgan fingerprint density at radius 3 is 2.50 bits per heavy atom. The average Bonchev–Trinajstić information content (AvgIpc) is 2.25. The standard InChI is InChI=1S/C14H23NO/c1-12(2)15(10-7-11-16-4)14-9-6-5-8-13(14)3/h5-6,8-9,12H,7,10-11H2,1-4H3. The molecule has 0 aromatic heterocycles.